The molecule has 4 heteroatoms. The van der Waals surface area contributed by atoms with Crippen molar-refractivity contribution < 1.29 is 0 Å². The summed E-state index contributed by atoms with van der Waals surface area (Å²) in [5.74, 6) is 0. The first-order valence-corrected chi connectivity index (χ1v) is 8.35. The number of halogens is 2. The maximum atomic E-state index is 6.07. The number of piperazine rings is 1. The Morgan fingerprint density at radius 1 is 0.952 bits per heavy atom. The zero-order chi connectivity index (χ0) is 14.7. The molecule has 2 aromatic rings. The molecule has 0 atom stereocenters. The van der Waals surface area contributed by atoms with Crippen molar-refractivity contribution in [2.75, 3.05) is 31.1 Å². The molecule has 1 heterocycles. The van der Waals surface area contributed by atoms with Crippen LogP contribution in [0.4, 0.5) is 5.69 Å². The highest BCUT2D eigenvalue weighted by atomic mass is 79.9. The predicted molar refractivity (Wildman–Crippen MR) is 93.1 cm³/mol. The van der Waals surface area contributed by atoms with Crippen molar-refractivity contribution in [1.29, 1.82) is 0 Å². The lowest BCUT2D eigenvalue weighted by Crippen LogP contribution is -2.45. The average molecular weight is 366 g/mol. The van der Waals surface area contributed by atoms with E-state index in [-0.39, 0.29) is 0 Å². The number of benzene rings is 2. The molecule has 3 rings (SSSR count). The van der Waals surface area contributed by atoms with Crippen molar-refractivity contribution in [2.24, 2.45) is 0 Å². The molecule has 0 aliphatic carbocycles. The van der Waals surface area contributed by atoms with Gasteiger partial charge in [-0.05, 0) is 35.9 Å². The molecule has 0 N–H and O–H groups in total. The third-order valence-electron chi connectivity index (χ3n) is 3.87. The second-order valence-corrected chi connectivity index (χ2v) is 6.72. The lowest BCUT2D eigenvalue weighted by atomic mass is 10.2. The van der Waals surface area contributed by atoms with Gasteiger partial charge in [-0.15, -0.1) is 0 Å². The van der Waals surface area contributed by atoms with Gasteiger partial charge in [0.05, 0.1) is 0 Å². The smallest absolute Gasteiger partial charge is 0.0426 e. The zero-order valence-corrected chi connectivity index (χ0v) is 14.1. The summed E-state index contributed by atoms with van der Waals surface area (Å²) >= 11 is 9.55. The van der Waals surface area contributed by atoms with E-state index >= 15 is 0 Å². The van der Waals surface area contributed by atoms with Gasteiger partial charge in [0.15, 0.2) is 0 Å². The number of hydrogen-bond donors (Lipinski definition) is 0. The summed E-state index contributed by atoms with van der Waals surface area (Å²) in [6, 6.07) is 16.7. The normalized spacial score (nSPS) is 16.2. The third-order valence-corrected chi connectivity index (χ3v) is 4.63. The van der Waals surface area contributed by atoms with E-state index in [4.69, 9.17) is 11.6 Å². The van der Waals surface area contributed by atoms with Crippen LogP contribution in [0.25, 0.3) is 0 Å². The minimum absolute atomic E-state index is 0.810. The summed E-state index contributed by atoms with van der Waals surface area (Å²) in [6.07, 6.45) is 0. The van der Waals surface area contributed by atoms with Gasteiger partial charge in [0, 0.05) is 47.9 Å². The van der Waals surface area contributed by atoms with Crippen LogP contribution in [0.15, 0.2) is 53.0 Å². The molecule has 0 aromatic heterocycles. The molecule has 21 heavy (non-hydrogen) atoms. The molecule has 0 radical (unpaired) electrons. The van der Waals surface area contributed by atoms with E-state index in [0.717, 1.165) is 42.2 Å². The molecule has 110 valence electrons. The maximum Gasteiger partial charge on any atom is 0.0426 e. The molecule has 2 aromatic carbocycles. The molecule has 0 amide bonds. The Kier molecular flexibility index (Phi) is 4.84. The largest absolute Gasteiger partial charge is 0.369 e. The fourth-order valence-corrected chi connectivity index (χ4v) is 3.13. The fraction of sp³-hybridized carbons (Fsp3) is 0.294. The number of nitrogens with zero attached hydrogens (tertiary/aromatic N) is 2. The molecular weight excluding hydrogens is 348 g/mol. The van der Waals surface area contributed by atoms with Gasteiger partial charge in [0.25, 0.3) is 0 Å². The van der Waals surface area contributed by atoms with E-state index in [2.05, 4.69) is 56.1 Å². The molecule has 1 fully saturated rings. The standard InChI is InChI=1S/C17H18BrClN2/c18-15-6-4-14(5-7-15)13-20-8-10-21(11-9-20)17-3-1-2-16(19)12-17/h1-7,12H,8-11,13H2. The topological polar surface area (TPSA) is 6.48 Å². The zero-order valence-electron chi connectivity index (χ0n) is 11.8. The maximum absolute atomic E-state index is 6.07. The molecule has 1 aliphatic rings. The number of anilines is 1. The van der Waals surface area contributed by atoms with E-state index < -0.39 is 0 Å². The fourth-order valence-electron chi connectivity index (χ4n) is 2.69. The molecule has 1 aliphatic heterocycles. The van der Waals surface area contributed by atoms with Crippen LogP contribution in [0, 0.1) is 0 Å². The molecule has 1 saturated heterocycles. The van der Waals surface area contributed by atoms with Crippen molar-refractivity contribution in [3.05, 3.63) is 63.6 Å². The van der Waals surface area contributed by atoms with Crippen LogP contribution in [-0.2, 0) is 6.54 Å². The second-order valence-electron chi connectivity index (χ2n) is 5.37. The SMILES string of the molecule is Clc1cccc(N2CCN(Cc3ccc(Br)cc3)CC2)c1. The first-order valence-electron chi connectivity index (χ1n) is 7.18. The highest BCUT2D eigenvalue weighted by Crippen LogP contribution is 2.21. The van der Waals surface area contributed by atoms with Gasteiger partial charge >= 0.3 is 0 Å². The van der Waals surface area contributed by atoms with Gasteiger partial charge in [-0.3, -0.25) is 4.90 Å². The Balaban J connectivity index is 1.56. The van der Waals surface area contributed by atoms with Crippen LogP contribution in [0.2, 0.25) is 5.02 Å². The van der Waals surface area contributed by atoms with Crippen molar-refractivity contribution in [3.8, 4) is 0 Å². The van der Waals surface area contributed by atoms with E-state index in [1.54, 1.807) is 0 Å². The highest BCUT2D eigenvalue weighted by Gasteiger charge is 2.17. The Hall–Kier alpha value is -1.03. The Morgan fingerprint density at radius 2 is 1.67 bits per heavy atom. The molecule has 0 saturated carbocycles. The quantitative estimate of drug-likeness (QED) is 0.794. The van der Waals surface area contributed by atoms with Gasteiger partial charge in [-0.25, -0.2) is 0 Å². The molecular formula is C17H18BrClN2. The summed E-state index contributed by atoms with van der Waals surface area (Å²) < 4.78 is 1.14. The summed E-state index contributed by atoms with van der Waals surface area (Å²) in [7, 11) is 0. The first kappa shape index (κ1) is 14.9. The van der Waals surface area contributed by atoms with Crippen LogP contribution in [0.3, 0.4) is 0 Å². The van der Waals surface area contributed by atoms with E-state index in [1.807, 2.05) is 18.2 Å². The summed E-state index contributed by atoms with van der Waals surface area (Å²) in [5.41, 5.74) is 2.60. The van der Waals surface area contributed by atoms with Gasteiger partial charge in [-0.1, -0.05) is 45.7 Å². The summed E-state index contributed by atoms with van der Waals surface area (Å²) in [4.78, 5) is 4.91. The monoisotopic (exact) mass is 364 g/mol. The van der Waals surface area contributed by atoms with Gasteiger partial charge in [0.1, 0.15) is 0 Å². The minimum Gasteiger partial charge on any atom is -0.369 e. The van der Waals surface area contributed by atoms with Gasteiger partial charge in [-0.2, -0.15) is 0 Å². The van der Waals surface area contributed by atoms with Crippen molar-refractivity contribution in [2.45, 2.75) is 6.54 Å². The molecule has 0 spiro atoms. The molecule has 0 bridgehead atoms. The van der Waals surface area contributed by atoms with E-state index in [9.17, 15) is 0 Å². The predicted octanol–water partition coefficient (Wildman–Crippen LogP) is 4.42. The van der Waals surface area contributed by atoms with E-state index in [0.29, 0.717) is 0 Å². The van der Waals surface area contributed by atoms with Crippen LogP contribution in [-0.4, -0.2) is 31.1 Å². The summed E-state index contributed by atoms with van der Waals surface area (Å²) in [5, 5.41) is 0.810. The lowest BCUT2D eigenvalue weighted by molar-refractivity contribution is 0.250. The average Bonchev–Trinajstić information content (AvgIpc) is 2.50. The lowest BCUT2D eigenvalue weighted by Gasteiger charge is -2.36. The Morgan fingerprint density at radius 3 is 2.33 bits per heavy atom. The van der Waals surface area contributed by atoms with Crippen molar-refractivity contribution >= 4 is 33.2 Å². The summed E-state index contributed by atoms with van der Waals surface area (Å²) in [6.45, 7) is 5.30. The first-order chi connectivity index (χ1) is 10.2. The molecule has 2 nitrogen and oxygen atoms in total. The van der Waals surface area contributed by atoms with Crippen LogP contribution in [0.1, 0.15) is 5.56 Å². The Labute approximate surface area is 139 Å². The second kappa shape index (κ2) is 6.82. The third kappa shape index (κ3) is 4.00. The van der Waals surface area contributed by atoms with Crippen LogP contribution in [0.5, 0.6) is 0 Å². The van der Waals surface area contributed by atoms with Crippen molar-refractivity contribution in [1.82, 2.24) is 4.90 Å². The van der Waals surface area contributed by atoms with Gasteiger partial charge in [0.2, 0.25) is 0 Å². The van der Waals surface area contributed by atoms with Crippen LogP contribution >= 0.6 is 27.5 Å². The van der Waals surface area contributed by atoms with Crippen molar-refractivity contribution in [3.63, 3.8) is 0 Å². The number of rotatable bonds is 3. The Bertz CT molecular complexity index is 592. The van der Waals surface area contributed by atoms with E-state index in [1.165, 1.54) is 11.3 Å². The number of hydrogen-bond acceptors (Lipinski definition) is 2. The van der Waals surface area contributed by atoms with Gasteiger partial charge < -0.3 is 4.90 Å². The molecule has 0 unspecified atom stereocenters. The minimum atomic E-state index is 0.810. The van der Waals surface area contributed by atoms with Crippen LogP contribution < -0.4 is 4.90 Å². The highest BCUT2D eigenvalue weighted by molar-refractivity contribution is 9.10.